The van der Waals surface area contributed by atoms with Crippen LogP contribution in [0.25, 0.3) is 0 Å². The molecule has 0 radical (unpaired) electrons. The van der Waals surface area contributed by atoms with Gasteiger partial charge in [0, 0.05) is 11.4 Å². The number of anilines is 2. The standard InChI is InChI=1S/C12H13FN4O/c1-6-5-8(3-4-9(6)13)15-12(18)10-7(2)16-17-11(10)14/h3-5H,1-2H3,(H,15,18)(H3,14,16,17). The van der Waals surface area contributed by atoms with Crippen LogP contribution in [0.2, 0.25) is 0 Å². The monoisotopic (exact) mass is 248 g/mol. The Morgan fingerprint density at radius 2 is 2.17 bits per heavy atom. The second-order valence-electron chi connectivity index (χ2n) is 4.03. The molecule has 0 saturated heterocycles. The van der Waals surface area contributed by atoms with E-state index in [9.17, 15) is 9.18 Å². The molecule has 1 aromatic heterocycles. The van der Waals surface area contributed by atoms with Gasteiger partial charge in [0.15, 0.2) is 5.82 Å². The normalized spacial score (nSPS) is 10.4. The number of aryl methyl sites for hydroxylation is 2. The van der Waals surface area contributed by atoms with Crippen molar-refractivity contribution in [1.29, 1.82) is 0 Å². The third-order valence-corrected chi connectivity index (χ3v) is 2.62. The Morgan fingerprint density at radius 1 is 1.44 bits per heavy atom. The third kappa shape index (κ3) is 2.17. The number of aromatic nitrogens is 2. The SMILES string of the molecule is Cc1cc(NC(=O)c2c(N)n[nH]c2C)ccc1F. The number of nitrogens with two attached hydrogens (primary N) is 1. The lowest BCUT2D eigenvalue weighted by molar-refractivity contribution is 0.102. The minimum absolute atomic E-state index is 0.142. The van der Waals surface area contributed by atoms with E-state index in [1.54, 1.807) is 19.9 Å². The average Bonchev–Trinajstić information content (AvgIpc) is 2.64. The Labute approximate surface area is 103 Å². The molecule has 1 aromatic carbocycles. The van der Waals surface area contributed by atoms with Crippen LogP contribution in [-0.2, 0) is 0 Å². The van der Waals surface area contributed by atoms with Crippen molar-refractivity contribution in [1.82, 2.24) is 10.2 Å². The van der Waals surface area contributed by atoms with Gasteiger partial charge in [0.25, 0.3) is 5.91 Å². The molecular weight excluding hydrogens is 235 g/mol. The Bertz CT molecular complexity index is 587. The van der Waals surface area contributed by atoms with Crippen LogP contribution in [0.15, 0.2) is 18.2 Å². The second kappa shape index (κ2) is 4.48. The van der Waals surface area contributed by atoms with Gasteiger partial charge in [0.05, 0.1) is 0 Å². The van der Waals surface area contributed by atoms with Crippen molar-refractivity contribution in [2.24, 2.45) is 0 Å². The predicted octanol–water partition coefficient (Wildman–Crippen LogP) is 2.00. The highest BCUT2D eigenvalue weighted by Crippen LogP contribution is 2.17. The molecule has 0 aliphatic rings. The summed E-state index contributed by atoms with van der Waals surface area (Å²) in [5.41, 5.74) is 7.45. The van der Waals surface area contributed by atoms with Crippen LogP contribution >= 0.6 is 0 Å². The zero-order valence-electron chi connectivity index (χ0n) is 10.0. The minimum Gasteiger partial charge on any atom is -0.382 e. The van der Waals surface area contributed by atoms with Gasteiger partial charge in [-0.1, -0.05) is 0 Å². The first kappa shape index (κ1) is 12.1. The summed E-state index contributed by atoms with van der Waals surface area (Å²) in [5, 5.41) is 9.02. The molecule has 0 aliphatic heterocycles. The number of carbonyl (C=O) groups excluding carboxylic acids is 1. The van der Waals surface area contributed by atoms with Crippen molar-refractivity contribution < 1.29 is 9.18 Å². The molecule has 0 fully saturated rings. The Balaban J connectivity index is 2.24. The smallest absolute Gasteiger partial charge is 0.261 e. The second-order valence-corrected chi connectivity index (χ2v) is 4.03. The summed E-state index contributed by atoms with van der Waals surface area (Å²) < 4.78 is 13.1. The molecule has 4 N–H and O–H groups in total. The van der Waals surface area contributed by atoms with Gasteiger partial charge in [-0.25, -0.2) is 4.39 Å². The molecule has 1 heterocycles. The number of hydrogen-bond donors (Lipinski definition) is 3. The first-order valence-corrected chi connectivity index (χ1v) is 5.37. The summed E-state index contributed by atoms with van der Waals surface area (Å²) in [6.07, 6.45) is 0. The molecule has 94 valence electrons. The van der Waals surface area contributed by atoms with Gasteiger partial charge in [-0.3, -0.25) is 9.89 Å². The van der Waals surface area contributed by atoms with Crippen molar-refractivity contribution in [2.75, 3.05) is 11.1 Å². The number of halogens is 1. The summed E-state index contributed by atoms with van der Waals surface area (Å²) in [6.45, 7) is 3.33. The Morgan fingerprint density at radius 3 is 2.72 bits per heavy atom. The van der Waals surface area contributed by atoms with E-state index in [0.29, 0.717) is 22.5 Å². The van der Waals surface area contributed by atoms with Crippen LogP contribution in [0.5, 0.6) is 0 Å². The van der Waals surface area contributed by atoms with E-state index in [1.165, 1.54) is 12.1 Å². The number of nitrogens with zero attached hydrogens (tertiary/aromatic N) is 1. The summed E-state index contributed by atoms with van der Waals surface area (Å²) in [7, 11) is 0. The lowest BCUT2D eigenvalue weighted by Crippen LogP contribution is -2.14. The molecular formula is C12H13FN4O. The first-order valence-electron chi connectivity index (χ1n) is 5.37. The van der Waals surface area contributed by atoms with Crippen LogP contribution in [0.4, 0.5) is 15.9 Å². The number of amides is 1. The third-order valence-electron chi connectivity index (χ3n) is 2.62. The van der Waals surface area contributed by atoms with E-state index < -0.39 is 0 Å². The molecule has 5 nitrogen and oxygen atoms in total. The van der Waals surface area contributed by atoms with E-state index in [4.69, 9.17) is 5.73 Å². The minimum atomic E-state index is -0.371. The average molecular weight is 248 g/mol. The number of nitrogen functional groups attached to an aromatic ring is 1. The van der Waals surface area contributed by atoms with Crippen molar-refractivity contribution in [3.63, 3.8) is 0 Å². The molecule has 0 atom stereocenters. The maximum Gasteiger partial charge on any atom is 0.261 e. The molecule has 2 rings (SSSR count). The molecule has 0 unspecified atom stereocenters. The maximum absolute atomic E-state index is 13.1. The summed E-state index contributed by atoms with van der Waals surface area (Å²) in [6, 6.07) is 4.35. The van der Waals surface area contributed by atoms with Gasteiger partial charge < -0.3 is 11.1 Å². The fourth-order valence-electron chi connectivity index (χ4n) is 1.65. The van der Waals surface area contributed by atoms with Gasteiger partial charge in [-0.15, -0.1) is 0 Å². The summed E-state index contributed by atoms with van der Waals surface area (Å²) in [4.78, 5) is 12.0. The van der Waals surface area contributed by atoms with Crippen molar-refractivity contribution in [3.05, 3.63) is 40.8 Å². The first-order chi connectivity index (χ1) is 8.49. The van der Waals surface area contributed by atoms with Gasteiger partial charge >= 0.3 is 0 Å². The van der Waals surface area contributed by atoms with Crippen molar-refractivity contribution in [3.8, 4) is 0 Å². The number of rotatable bonds is 2. The lowest BCUT2D eigenvalue weighted by atomic mass is 10.2. The molecule has 0 saturated carbocycles. The fourth-order valence-corrected chi connectivity index (χ4v) is 1.65. The topological polar surface area (TPSA) is 83.8 Å². The van der Waals surface area contributed by atoms with Crippen LogP contribution in [0.3, 0.4) is 0 Å². The van der Waals surface area contributed by atoms with E-state index in [1.807, 2.05) is 0 Å². The largest absolute Gasteiger partial charge is 0.382 e. The highest BCUT2D eigenvalue weighted by molar-refractivity contribution is 6.08. The van der Waals surface area contributed by atoms with E-state index in [0.717, 1.165) is 0 Å². The number of carbonyl (C=O) groups is 1. The van der Waals surface area contributed by atoms with Crippen LogP contribution in [0, 0.1) is 19.7 Å². The zero-order chi connectivity index (χ0) is 13.3. The fraction of sp³-hybridized carbons (Fsp3) is 0.167. The molecule has 2 aromatic rings. The molecule has 6 heteroatoms. The summed E-state index contributed by atoms with van der Waals surface area (Å²) >= 11 is 0. The van der Waals surface area contributed by atoms with E-state index in [2.05, 4.69) is 15.5 Å². The van der Waals surface area contributed by atoms with Crippen LogP contribution in [-0.4, -0.2) is 16.1 Å². The highest BCUT2D eigenvalue weighted by atomic mass is 19.1. The van der Waals surface area contributed by atoms with E-state index in [-0.39, 0.29) is 17.5 Å². The Kier molecular flexibility index (Phi) is 3.01. The number of hydrogen-bond acceptors (Lipinski definition) is 3. The number of H-pyrrole nitrogens is 1. The molecule has 0 spiro atoms. The number of nitrogens with one attached hydrogen (secondary N) is 2. The van der Waals surface area contributed by atoms with Gasteiger partial charge in [0.2, 0.25) is 0 Å². The number of aromatic amines is 1. The van der Waals surface area contributed by atoms with Crippen LogP contribution in [0.1, 0.15) is 21.6 Å². The van der Waals surface area contributed by atoms with E-state index >= 15 is 0 Å². The molecule has 0 aliphatic carbocycles. The summed E-state index contributed by atoms with van der Waals surface area (Å²) in [5.74, 6) is -0.541. The van der Waals surface area contributed by atoms with Crippen molar-refractivity contribution >= 4 is 17.4 Å². The van der Waals surface area contributed by atoms with Crippen LogP contribution < -0.4 is 11.1 Å². The number of benzene rings is 1. The van der Waals surface area contributed by atoms with Gasteiger partial charge in [-0.05, 0) is 37.6 Å². The van der Waals surface area contributed by atoms with Crippen molar-refractivity contribution in [2.45, 2.75) is 13.8 Å². The van der Waals surface area contributed by atoms with Gasteiger partial charge in [0.1, 0.15) is 11.4 Å². The zero-order valence-corrected chi connectivity index (χ0v) is 10.0. The predicted molar refractivity (Wildman–Crippen MR) is 66.8 cm³/mol. The quantitative estimate of drug-likeness (QED) is 0.760. The molecule has 18 heavy (non-hydrogen) atoms. The van der Waals surface area contributed by atoms with Gasteiger partial charge in [-0.2, -0.15) is 5.10 Å². The maximum atomic E-state index is 13.1. The Hall–Kier alpha value is -2.37. The molecule has 1 amide bonds. The highest BCUT2D eigenvalue weighted by Gasteiger charge is 2.16. The lowest BCUT2D eigenvalue weighted by Gasteiger charge is -2.06. The molecule has 0 bridgehead atoms.